The van der Waals surface area contributed by atoms with Crippen LogP contribution in [0.4, 0.5) is 0 Å². The summed E-state index contributed by atoms with van der Waals surface area (Å²) in [5.41, 5.74) is 0. The standard InChI is InChI=1S/C14H18ClNO4/c1-10(20-12-6-4-11(15)5-7-12)14(18)16(2)9-8-13(17)19-3/h4-7,10H,8-9H2,1-3H3. The van der Waals surface area contributed by atoms with E-state index in [1.54, 1.807) is 38.2 Å². The lowest BCUT2D eigenvalue weighted by atomic mass is 10.3. The zero-order valence-electron chi connectivity index (χ0n) is 11.8. The van der Waals surface area contributed by atoms with Gasteiger partial charge in [0, 0.05) is 18.6 Å². The Morgan fingerprint density at radius 3 is 2.45 bits per heavy atom. The Balaban J connectivity index is 2.49. The molecule has 0 N–H and O–H groups in total. The summed E-state index contributed by atoms with van der Waals surface area (Å²) < 4.78 is 10.0. The Hall–Kier alpha value is -1.75. The van der Waals surface area contributed by atoms with Crippen molar-refractivity contribution in [3.63, 3.8) is 0 Å². The summed E-state index contributed by atoms with van der Waals surface area (Å²) in [5, 5.41) is 0.603. The molecule has 0 saturated heterocycles. The molecule has 110 valence electrons. The number of benzene rings is 1. The third kappa shape index (κ3) is 5.09. The Bertz CT molecular complexity index is 461. The number of methoxy groups -OCH3 is 1. The third-order valence-electron chi connectivity index (χ3n) is 2.73. The van der Waals surface area contributed by atoms with Crippen LogP contribution in [0.15, 0.2) is 24.3 Å². The zero-order valence-corrected chi connectivity index (χ0v) is 12.5. The van der Waals surface area contributed by atoms with Gasteiger partial charge in [-0.15, -0.1) is 0 Å². The summed E-state index contributed by atoms with van der Waals surface area (Å²) >= 11 is 5.77. The first kappa shape index (κ1) is 16.3. The number of likely N-dealkylation sites (N-methyl/N-ethyl adjacent to an activating group) is 1. The van der Waals surface area contributed by atoms with Gasteiger partial charge in [0.1, 0.15) is 5.75 Å². The number of hydrogen-bond donors (Lipinski definition) is 0. The smallest absolute Gasteiger partial charge is 0.307 e. The molecule has 1 aromatic carbocycles. The largest absolute Gasteiger partial charge is 0.481 e. The Morgan fingerprint density at radius 2 is 1.90 bits per heavy atom. The van der Waals surface area contributed by atoms with Crippen molar-refractivity contribution < 1.29 is 19.1 Å². The maximum atomic E-state index is 12.0. The number of ether oxygens (including phenoxy) is 2. The zero-order chi connectivity index (χ0) is 15.1. The highest BCUT2D eigenvalue weighted by molar-refractivity contribution is 6.30. The molecular weight excluding hydrogens is 282 g/mol. The Morgan fingerprint density at radius 1 is 1.30 bits per heavy atom. The number of rotatable bonds is 6. The Kier molecular flexibility index (Phi) is 6.31. The topological polar surface area (TPSA) is 55.8 Å². The number of carbonyl (C=O) groups is 2. The lowest BCUT2D eigenvalue weighted by Gasteiger charge is -2.21. The number of carbonyl (C=O) groups excluding carboxylic acids is 2. The van der Waals surface area contributed by atoms with E-state index < -0.39 is 6.10 Å². The fourth-order valence-corrected chi connectivity index (χ4v) is 1.68. The van der Waals surface area contributed by atoms with Gasteiger partial charge in [-0.05, 0) is 31.2 Å². The molecule has 1 aromatic rings. The maximum Gasteiger partial charge on any atom is 0.307 e. The highest BCUT2D eigenvalue weighted by Crippen LogP contribution is 2.17. The predicted octanol–water partition coefficient (Wildman–Crippen LogP) is 2.13. The second-order valence-corrected chi connectivity index (χ2v) is 4.74. The minimum atomic E-state index is -0.640. The molecule has 0 radical (unpaired) electrons. The van der Waals surface area contributed by atoms with Gasteiger partial charge in [-0.1, -0.05) is 11.6 Å². The molecular formula is C14H18ClNO4. The summed E-state index contributed by atoms with van der Waals surface area (Å²) in [4.78, 5) is 24.5. The quantitative estimate of drug-likeness (QED) is 0.755. The lowest BCUT2D eigenvalue weighted by Crippen LogP contribution is -2.39. The highest BCUT2D eigenvalue weighted by Gasteiger charge is 2.19. The van der Waals surface area contributed by atoms with Crippen LogP contribution in [0.2, 0.25) is 5.02 Å². The van der Waals surface area contributed by atoms with E-state index in [4.69, 9.17) is 16.3 Å². The highest BCUT2D eigenvalue weighted by atomic mass is 35.5. The van der Waals surface area contributed by atoms with E-state index in [0.717, 1.165) is 0 Å². The molecule has 0 aromatic heterocycles. The molecule has 6 heteroatoms. The summed E-state index contributed by atoms with van der Waals surface area (Å²) in [6.45, 7) is 1.95. The van der Waals surface area contributed by atoms with Crippen LogP contribution < -0.4 is 4.74 Å². The normalized spacial score (nSPS) is 11.6. The maximum absolute atomic E-state index is 12.0. The van der Waals surface area contributed by atoms with Crippen LogP contribution in [-0.2, 0) is 14.3 Å². The van der Waals surface area contributed by atoms with E-state index in [0.29, 0.717) is 17.3 Å². The van der Waals surface area contributed by atoms with E-state index >= 15 is 0 Å². The van der Waals surface area contributed by atoms with Crippen LogP contribution in [-0.4, -0.2) is 43.6 Å². The molecule has 0 aliphatic carbocycles. The van der Waals surface area contributed by atoms with Crippen LogP contribution in [0.1, 0.15) is 13.3 Å². The molecule has 0 heterocycles. The summed E-state index contributed by atoms with van der Waals surface area (Å²) in [5.74, 6) is 0.0105. The second-order valence-electron chi connectivity index (χ2n) is 4.30. The van der Waals surface area contributed by atoms with Gasteiger partial charge in [0.15, 0.2) is 6.10 Å². The number of esters is 1. The molecule has 0 bridgehead atoms. The van der Waals surface area contributed by atoms with Gasteiger partial charge in [0.25, 0.3) is 5.91 Å². The van der Waals surface area contributed by atoms with Crippen LogP contribution >= 0.6 is 11.6 Å². The van der Waals surface area contributed by atoms with Crippen molar-refractivity contribution in [2.75, 3.05) is 20.7 Å². The lowest BCUT2D eigenvalue weighted by molar-refractivity contribution is -0.142. The van der Waals surface area contributed by atoms with Crippen molar-refractivity contribution in [2.24, 2.45) is 0 Å². The third-order valence-corrected chi connectivity index (χ3v) is 2.98. The van der Waals surface area contributed by atoms with Gasteiger partial charge in [-0.25, -0.2) is 0 Å². The molecule has 0 aliphatic rings. The summed E-state index contributed by atoms with van der Waals surface area (Å²) in [6.07, 6.45) is -0.481. The first-order valence-electron chi connectivity index (χ1n) is 6.18. The average Bonchev–Trinajstić information content (AvgIpc) is 2.45. The van der Waals surface area contributed by atoms with E-state index in [9.17, 15) is 9.59 Å². The molecule has 0 aliphatic heterocycles. The SMILES string of the molecule is COC(=O)CCN(C)C(=O)C(C)Oc1ccc(Cl)cc1. The first-order chi connectivity index (χ1) is 9.43. The van der Waals surface area contributed by atoms with E-state index in [-0.39, 0.29) is 18.3 Å². The molecule has 0 fully saturated rings. The van der Waals surface area contributed by atoms with Crippen molar-refractivity contribution in [3.05, 3.63) is 29.3 Å². The van der Waals surface area contributed by atoms with Crippen LogP contribution in [0.5, 0.6) is 5.75 Å². The minimum absolute atomic E-state index is 0.159. The van der Waals surface area contributed by atoms with Crippen molar-refractivity contribution in [2.45, 2.75) is 19.4 Å². The van der Waals surface area contributed by atoms with E-state index in [2.05, 4.69) is 4.74 Å². The predicted molar refractivity (Wildman–Crippen MR) is 75.8 cm³/mol. The monoisotopic (exact) mass is 299 g/mol. The van der Waals surface area contributed by atoms with Crippen molar-refractivity contribution in [1.82, 2.24) is 4.90 Å². The van der Waals surface area contributed by atoms with Gasteiger partial charge < -0.3 is 14.4 Å². The number of amides is 1. The molecule has 0 spiro atoms. The fraction of sp³-hybridized carbons (Fsp3) is 0.429. The molecule has 0 saturated carbocycles. The van der Waals surface area contributed by atoms with Crippen molar-refractivity contribution >= 4 is 23.5 Å². The number of hydrogen-bond acceptors (Lipinski definition) is 4. The van der Waals surface area contributed by atoms with Crippen LogP contribution in [0, 0.1) is 0 Å². The molecule has 5 nitrogen and oxygen atoms in total. The molecule has 1 amide bonds. The van der Waals surface area contributed by atoms with E-state index in [1.807, 2.05) is 0 Å². The fourth-order valence-electron chi connectivity index (χ4n) is 1.55. The molecule has 1 unspecified atom stereocenters. The number of halogens is 1. The van der Waals surface area contributed by atoms with Crippen molar-refractivity contribution in [1.29, 1.82) is 0 Å². The Labute approximate surface area is 123 Å². The van der Waals surface area contributed by atoms with Gasteiger partial charge in [0.05, 0.1) is 13.5 Å². The second kappa shape index (κ2) is 7.75. The number of nitrogens with zero attached hydrogens (tertiary/aromatic N) is 1. The van der Waals surface area contributed by atoms with Crippen LogP contribution in [0.25, 0.3) is 0 Å². The van der Waals surface area contributed by atoms with Crippen LogP contribution in [0.3, 0.4) is 0 Å². The van der Waals surface area contributed by atoms with E-state index in [1.165, 1.54) is 12.0 Å². The van der Waals surface area contributed by atoms with Gasteiger partial charge >= 0.3 is 5.97 Å². The summed E-state index contributed by atoms with van der Waals surface area (Å²) in [6, 6.07) is 6.77. The molecule has 1 rings (SSSR count). The van der Waals surface area contributed by atoms with Gasteiger partial charge in [-0.2, -0.15) is 0 Å². The average molecular weight is 300 g/mol. The molecule has 1 atom stereocenters. The van der Waals surface area contributed by atoms with Gasteiger partial charge in [0.2, 0.25) is 0 Å². The summed E-state index contributed by atoms with van der Waals surface area (Å²) in [7, 11) is 2.93. The molecule has 20 heavy (non-hydrogen) atoms. The van der Waals surface area contributed by atoms with Crippen molar-refractivity contribution in [3.8, 4) is 5.75 Å². The van der Waals surface area contributed by atoms with Gasteiger partial charge in [-0.3, -0.25) is 9.59 Å². The first-order valence-corrected chi connectivity index (χ1v) is 6.56. The minimum Gasteiger partial charge on any atom is -0.481 e.